The number of carbonyl (C=O) groups excluding carboxylic acids is 2. The lowest BCUT2D eigenvalue weighted by Crippen LogP contribution is -2.28. The molecule has 1 amide bonds. The van der Waals surface area contributed by atoms with Crippen LogP contribution in [0.1, 0.15) is 20.8 Å². The van der Waals surface area contributed by atoms with E-state index >= 15 is 0 Å². The van der Waals surface area contributed by atoms with Crippen LogP contribution in [0.15, 0.2) is 41.5 Å². The molecule has 25 heavy (non-hydrogen) atoms. The number of nitrogens with two attached hydrogens (primary N) is 1. The van der Waals surface area contributed by atoms with E-state index in [2.05, 4.69) is 4.98 Å². The summed E-state index contributed by atoms with van der Waals surface area (Å²) in [5.41, 5.74) is 6.09. The number of amides is 1. The number of thiophene rings is 1. The van der Waals surface area contributed by atoms with Crippen molar-refractivity contribution >= 4 is 33.4 Å². The minimum atomic E-state index is -0.640. The van der Waals surface area contributed by atoms with Crippen molar-refractivity contribution in [1.29, 1.82) is 0 Å². The van der Waals surface area contributed by atoms with E-state index in [9.17, 15) is 14.4 Å². The quantitative estimate of drug-likeness (QED) is 0.699. The lowest BCUT2D eigenvalue weighted by Gasteiger charge is -2.04. The SMILES string of the molecule is Cc1c(C(=O)OCc2ccccc2)sc2ncn(CC(N)=O)c(=O)c12. The molecule has 3 aromatic rings. The van der Waals surface area contributed by atoms with Crippen LogP contribution in [0.3, 0.4) is 0 Å². The molecule has 7 nitrogen and oxygen atoms in total. The van der Waals surface area contributed by atoms with Gasteiger partial charge in [-0.2, -0.15) is 0 Å². The number of aromatic nitrogens is 2. The second-order valence-corrected chi connectivity index (χ2v) is 6.44. The van der Waals surface area contributed by atoms with Gasteiger partial charge in [0.25, 0.3) is 5.56 Å². The minimum Gasteiger partial charge on any atom is -0.457 e. The molecule has 0 spiro atoms. The molecule has 0 radical (unpaired) electrons. The number of esters is 1. The van der Waals surface area contributed by atoms with Crippen LogP contribution in [0.25, 0.3) is 10.2 Å². The molecule has 0 saturated carbocycles. The topological polar surface area (TPSA) is 104 Å². The van der Waals surface area contributed by atoms with Gasteiger partial charge in [-0.3, -0.25) is 14.2 Å². The van der Waals surface area contributed by atoms with Crippen LogP contribution in [0, 0.1) is 6.92 Å². The molecule has 0 bridgehead atoms. The Morgan fingerprint density at radius 2 is 2.00 bits per heavy atom. The Hall–Kier alpha value is -3.00. The van der Waals surface area contributed by atoms with E-state index in [4.69, 9.17) is 10.5 Å². The molecule has 0 unspecified atom stereocenters. The zero-order valence-electron chi connectivity index (χ0n) is 13.4. The number of aryl methyl sites for hydroxylation is 1. The molecule has 8 heteroatoms. The van der Waals surface area contributed by atoms with E-state index < -0.39 is 17.4 Å². The average Bonchev–Trinajstić information content (AvgIpc) is 2.93. The Morgan fingerprint density at radius 3 is 2.68 bits per heavy atom. The fourth-order valence-electron chi connectivity index (χ4n) is 2.42. The molecule has 0 aliphatic heterocycles. The van der Waals surface area contributed by atoms with Crippen molar-refractivity contribution in [3.63, 3.8) is 0 Å². The Bertz CT molecular complexity index is 1010. The normalized spacial score (nSPS) is 10.8. The summed E-state index contributed by atoms with van der Waals surface area (Å²) in [6, 6.07) is 9.31. The number of carbonyl (C=O) groups is 2. The molecule has 0 atom stereocenters. The summed E-state index contributed by atoms with van der Waals surface area (Å²) < 4.78 is 6.45. The van der Waals surface area contributed by atoms with Crippen molar-refractivity contribution in [2.24, 2.45) is 5.73 Å². The molecule has 2 N–H and O–H groups in total. The van der Waals surface area contributed by atoms with Gasteiger partial charge >= 0.3 is 5.97 Å². The van der Waals surface area contributed by atoms with Gasteiger partial charge in [-0.25, -0.2) is 9.78 Å². The molecule has 3 rings (SSSR count). The Kier molecular flexibility index (Phi) is 4.62. The van der Waals surface area contributed by atoms with Crippen LogP contribution in [-0.4, -0.2) is 21.4 Å². The van der Waals surface area contributed by atoms with Crippen molar-refractivity contribution in [3.05, 3.63) is 63.0 Å². The van der Waals surface area contributed by atoms with Crippen molar-refractivity contribution in [2.45, 2.75) is 20.1 Å². The van der Waals surface area contributed by atoms with Gasteiger partial charge in [0.05, 0.1) is 11.7 Å². The van der Waals surface area contributed by atoms with Crippen LogP contribution < -0.4 is 11.3 Å². The Labute approximate surface area is 146 Å². The number of primary amides is 1. The first-order chi connectivity index (χ1) is 12.0. The smallest absolute Gasteiger partial charge is 0.349 e. The van der Waals surface area contributed by atoms with E-state index in [1.54, 1.807) is 6.92 Å². The number of hydrogen-bond donors (Lipinski definition) is 1. The summed E-state index contributed by atoms with van der Waals surface area (Å²) in [5.74, 6) is -1.15. The molecular weight excluding hydrogens is 342 g/mol. The summed E-state index contributed by atoms with van der Waals surface area (Å²) in [5, 5.41) is 0.306. The van der Waals surface area contributed by atoms with Crippen molar-refractivity contribution in [1.82, 2.24) is 9.55 Å². The van der Waals surface area contributed by atoms with E-state index in [0.717, 1.165) is 21.5 Å². The molecule has 2 heterocycles. The van der Waals surface area contributed by atoms with E-state index in [1.807, 2.05) is 30.3 Å². The number of hydrogen-bond acceptors (Lipinski definition) is 6. The highest BCUT2D eigenvalue weighted by Crippen LogP contribution is 2.27. The van der Waals surface area contributed by atoms with Crippen LogP contribution >= 0.6 is 11.3 Å². The predicted molar refractivity (Wildman–Crippen MR) is 93.4 cm³/mol. The highest BCUT2D eigenvalue weighted by Gasteiger charge is 2.20. The molecule has 0 fully saturated rings. The van der Waals surface area contributed by atoms with Gasteiger partial charge in [0.2, 0.25) is 5.91 Å². The summed E-state index contributed by atoms with van der Waals surface area (Å²) in [4.78, 5) is 40.8. The zero-order chi connectivity index (χ0) is 18.0. The van der Waals surface area contributed by atoms with Crippen LogP contribution in [0.4, 0.5) is 0 Å². The monoisotopic (exact) mass is 357 g/mol. The van der Waals surface area contributed by atoms with Gasteiger partial charge < -0.3 is 10.5 Å². The van der Waals surface area contributed by atoms with E-state index in [0.29, 0.717) is 20.7 Å². The third kappa shape index (κ3) is 3.43. The van der Waals surface area contributed by atoms with Crippen LogP contribution in [0.2, 0.25) is 0 Å². The number of nitrogens with zero attached hydrogens (tertiary/aromatic N) is 2. The zero-order valence-corrected chi connectivity index (χ0v) is 14.2. The van der Waals surface area contributed by atoms with Gasteiger partial charge in [0.1, 0.15) is 22.9 Å². The fourth-order valence-corrected chi connectivity index (χ4v) is 3.46. The van der Waals surface area contributed by atoms with Gasteiger partial charge in [-0.15, -0.1) is 11.3 Å². The number of fused-ring (bicyclic) bond motifs is 1. The highest BCUT2D eigenvalue weighted by atomic mass is 32.1. The molecule has 0 saturated heterocycles. The largest absolute Gasteiger partial charge is 0.457 e. The Morgan fingerprint density at radius 1 is 1.28 bits per heavy atom. The second kappa shape index (κ2) is 6.86. The van der Waals surface area contributed by atoms with Crippen LogP contribution in [0.5, 0.6) is 0 Å². The van der Waals surface area contributed by atoms with Crippen molar-refractivity contribution in [3.8, 4) is 0 Å². The molecule has 128 valence electrons. The molecule has 1 aromatic carbocycles. The summed E-state index contributed by atoms with van der Waals surface area (Å²) >= 11 is 1.09. The first kappa shape index (κ1) is 16.8. The standard InChI is InChI=1S/C17H15N3O4S/c1-10-13-15(19-9-20(16(13)22)7-12(18)21)25-14(10)17(23)24-8-11-5-3-2-4-6-11/h2-6,9H,7-8H2,1H3,(H2,18,21). The molecule has 0 aliphatic rings. The Balaban J connectivity index is 1.90. The molecule has 0 aliphatic carbocycles. The van der Waals surface area contributed by atoms with E-state index in [1.165, 1.54) is 6.33 Å². The lowest BCUT2D eigenvalue weighted by molar-refractivity contribution is -0.118. The maximum absolute atomic E-state index is 12.5. The van der Waals surface area contributed by atoms with E-state index in [-0.39, 0.29) is 13.2 Å². The van der Waals surface area contributed by atoms with Crippen molar-refractivity contribution in [2.75, 3.05) is 0 Å². The maximum atomic E-state index is 12.5. The second-order valence-electron chi connectivity index (χ2n) is 5.44. The predicted octanol–water partition coefficient (Wildman–Crippen LogP) is 1.61. The van der Waals surface area contributed by atoms with Gasteiger partial charge in [-0.05, 0) is 18.1 Å². The highest BCUT2D eigenvalue weighted by molar-refractivity contribution is 7.20. The number of benzene rings is 1. The average molecular weight is 357 g/mol. The third-order valence-electron chi connectivity index (χ3n) is 3.64. The molecular formula is C17H15N3O4S. The summed E-state index contributed by atoms with van der Waals surface area (Å²) in [6.45, 7) is 1.55. The van der Waals surface area contributed by atoms with Crippen LogP contribution in [-0.2, 0) is 22.7 Å². The minimum absolute atomic E-state index is 0.146. The maximum Gasteiger partial charge on any atom is 0.349 e. The van der Waals surface area contributed by atoms with Gasteiger partial charge in [-0.1, -0.05) is 30.3 Å². The first-order valence-electron chi connectivity index (χ1n) is 7.45. The number of rotatable bonds is 5. The third-order valence-corrected chi connectivity index (χ3v) is 4.82. The van der Waals surface area contributed by atoms with Crippen molar-refractivity contribution < 1.29 is 14.3 Å². The molecule has 2 aromatic heterocycles. The fraction of sp³-hybridized carbons (Fsp3) is 0.176. The summed E-state index contributed by atoms with van der Waals surface area (Å²) in [6.07, 6.45) is 1.25. The summed E-state index contributed by atoms with van der Waals surface area (Å²) in [7, 11) is 0. The lowest BCUT2D eigenvalue weighted by atomic mass is 10.2. The first-order valence-corrected chi connectivity index (χ1v) is 8.27. The van der Waals surface area contributed by atoms with Gasteiger partial charge in [0.15, 0.2) is 0 Å². The number of ether oxygens (including phenoxy) is 1. The van der Waals surface area contributed by atoms with Gasteiger partial charge in [0, 0.05) is 0 Å².